The summed E-state index contributed by atoms with van der Waals surface area (Å²) in [6.45, 7) is 2.29. The molecule has 0 saturated carbocycles. The van der Waals surface area contributed by atoms with Crippen LogP contribution in [0, 0.1) is 0 Å². The molecule has 3 aromatic heterocycles. The van der Waals surface area contributed by atoms with Crippen molar-refractivity contribution in [3.8, 4) is 16.8 Å². The van der Waals surface area contributed by atoms with E-state index in [4.69, 9.17) is 9.41 Å². The minimum absolute atomic E-state index is 0.750. The molecule has 4 heteroatoms. The SMILES string of the molecule is CCC1=C(c2ccc3c(c2)sc2ccccc23)/N=C(/c2cc(-n3c4ccccc4c4cc5ccccc5cc43)c3c(c2)oc2cc4ccccc4cc23)CC/C=C\1c1cccc(-c2ccccc2)c1. The van der Waals surface area contributed by atoms with Gasteiger partial charge < -0.3 is 8.98 Å². The van der Waals surface area contributed by atoms with Gasteiger partial charge in [0.1, 0.15) is 11.2 Å². The number of benzene rings is 10. The molecule has 0 saturated heterocycles. The number of para-hydroxylation sites is 1. The summed E-state index contributed by atoms with van der Waals surface area (Å²) < 4.78 is 12.1. The minimum atomic E-state index is 0.750. The van der Waals surface area contributed by atoms with Gasteiger partial charge in [0, 0.05) is 53.2 Å². The zero-order chi connectivity index (χ0) is 45.6. The highest BCUT2D eigenvalue weighted by atomic mass is 32.1. The number of fused-ring (bicyclic) bond motifs is 11. The summed E-state index contributed by atoms with van der Waals surface area (Å²) >= 11 is 1.86. The number of allylic oxidation sites excluding steroid dienone is 3. The van der Waals surface area contributed by atoms with E-state index in [0.29, 0.717) is 0 Å². The maximum Gasteiger partial charge on any atom is 0.138 e. The molecule has 10 aromatic carbocycles. The fourth-order valence-electron chi connectivity index (χ4n) is 11.2. The maximum absolute atomic E-state index is 7.04. The third kappa shape index (κ3) is 6.51. The lowest BCUT2D eigenvalue weighted by Gasteiger charge is -2.21. The fraction of sp³-hybridized carbons (Fsp3) is 0.0615. The zero-order valence-corrected chi connectivity index (χ0v) is 38.9. The number of hydrogen-bond acceptors (Lipinski definition) is 3. The molecule has 326 valence electrons. The minimum Gasteiger partial charge on any atom is -0.456 e. The lowest BCUT2D eigenvalue weighted by atomic mass is 9.88. The molecule has 0 spiro atoms. The zero-order valence-electron chi connectivity index (χ0n) is 38.0. The van der Waals surface area contributed by atoms with Gasteiger partial charge in [-0.25, -0.2) is 0 Å². The van der Waals surface area contributed by atoms with Crippen LogP contribution in [0.2, 0.25) is 0 Å². The van der Waals surface area contributed by atoms with Crippen LogP contribution >= 0.6 is 11.3 Å². The van der Waals surface area contributed by atoms with Gasteiger partial charge in [-0.05, 0) is 129 Å². The van der Waals surface area contributed by atoms with Crippen molar-refractivity contribution in [1.82, 2.24) is 4.57 Å². The highest BCUT2D eigenvalue weighted by Crippen LogP contribution is 2.44. The molecule has 0 radical (unpaired) electrons. The van der Waals surface area contributed by atoms with E-state index < -0.39 is 0 Å². The third-order valence-electron chi connectivity index (χ3n) is 14.4. The Labute approximate surface area is 403 Å². The molecule has 69 heavy (non-hydrogen) atoms. The molecule has 0 aliphatic carbocycles. The molecule has 13 aromatic rings. The van der Waals surface area contributed by atoms with Gasteiger partial charge in [0.05, 0.1) is 27.8 Å². The number of hydrogen-bond donors (Lipinski definition) is 0. The van der Waals surface area contributed by atoms with E-state index in [2.05, 4.69) is 224 Å². The molecule has 0 fully saturated rings. The van der Waals surface area contributed by atoms with Crippen LogP contribution in [0.3, 0.4) is 0 Å². The Balaban J connectivity index is 1.04. The van der Waals surface area contributed by atoms with Crippen LogP contribution in [0.25, 0.3) is 114 Å². The average molecular weight is 901 g/mol. The topological polar surface area (TPSA) is 30.4 Å². The number of aromatic nitrogens is 1. The Morgan fingerprint density at radius 1 is 0.478 bits per heavy atom. The molecular formula is C65H44N2OS. The van der Waals surface area contributed by atoms with Crippen molar-refractivity contribution < 1.29 is 4.42 Å². The van der Waals surface area contributed by atoms with Gasteiger partial charge in [0.2, 0.25) is 0 Å². The Kier molecular flexibility index (Phi) is 9.18. The molecule has 14 rings (SSSR count). The van der Waals surface area contributed by atoms with E-state index in [1.54, 1.807) is 0 Å². The second kappa shape index (κ2) is 15.9. The molecule has 0 unspecified atom stereocenters. The Morgan fingerprint density at radius 3 is 1.99 bits per heavy atom. The average Bonchev–Trinajstić information content (AvgIpc) is 4.06. The molecule has 4 heterocycles. The number of nitrogens with zero attached hydrogens (tertiary/aromatic N) is 2. The summed E-state index contributed by atoms with van der Waals surface area (Å²) in [5, 5.41) is 12.0. The predicted molar refractivity (Wildman–Crippen MR) is 295 cm³/mol. The molecule has 0 bridgehead atoms. The fourth-order valence-corrected chi connectivity index (χ4v) is 12.3. The van der Waals surface area contributed by atoms with E-state index in [1.807, 2.05) is 11.3 Å². The van der Waals surface area contributed by atoms with Crippen LogP contribution in [0.5, 0.6) is 0 Å². The highest BCUT2D eigenvalue weighted by molar-refractivity contribution is 7.25. The van der Waals surface area contributed by atoms with E-state index >= 15 is 0 Å². The van der Waals surface area contributed by atoms with Gasteiger partial charge >= 0.3 is 0 Å². The van der Waals surface area contributed by atoms with Crippen LogP contribution in [0.4, 0.5) is 0 Å². The van der Waals surface area contributed by atoms with Crippen LogP contribution in [0.15, 0.2) is 227 Å². The number of rotatable bonds is 6. The predicted octanol–water partition coefficient (Wildman–Crippen LogP) is 18.5. The van der Waals surface area contributed by atoms with Crippen LogP contribution in [-0.4, -0.2) is 10.3 Å². The van der Waals surface area contributed by atoms with Gasteiger partial charge in [-0.2, -0.15) is 0 Å². The summed E-state index contributed by atoms with van der Waals surface area (Å²) in [5.74, 6) is 0. The Bertz CT molecular complexity index is 4350. The van der Waals surface area contributed by atoms with Gasteiger partial charge in [-0.15, -0.1) is 11.3 Å². The summed E-state index contributed by atoms with van der Waals surface area (Å²) in [4.78, 5) is 5.95. The monoisotopic (exact) mass is 900 g/mol. The molecule has 0 amide bonds. The lowest BCUT2D eigenvalue weighted by molar-refractivity contribution is 0.669. The summed E-state index contributed by atoms with van der Waals surface area (Å²) in [6, 6.07) is 75.6. The van der Waals surface area contributed by atoms with Crippen molar-refractivity contribution in [3.05, 3.63) is 235 Å². The number of aliphatic imine (C=N–C) groups is 1. The van der Waals surface area contributed by atoms with Crippen molar-refractivity contribution in [1.29, 1.82) is 0 Å². The van der Waals surface area contributed by atoms with Gasteiger partial charge in [-0.1, -0.05) is 159 Å². The van der Waals surface area contributed by atoms with Crippen molar-refractivity contribution in [2.24, 2.45) is 4.99 Å². The lowest BCUT2D eigenvalue weighted by Crippen LogP contribution is -2.07. The molecule has 0 N–H and O–H groups in total. The standard InChI is InChI=1S/C65H44N2OS/c1-2-49-50(46-23-14-22-41(32-46)40-16-4-3-5-17-40)26-15-27-56(66-65(49)47-30-31-53-52-25-11-13-29-62(52)69-63(53)39-47)48-36-59(64-55-34-43-19-7-9-21-45(43)37-60(55)68-61(64)38-48)67-57-28-12-10-24-51(57)54-33-42-18-6-8-20-44(42)35-58(54)67/h3-14,16-26,28-39H,2,15,27H2,1H3/b50-26-,65-49-,66-56+. The largest absolute Gasteiger partial charge is 0.456 e. The number of furan rings is 1. The first-order chi connectivity index (χ1) is 34.1. The molecule has 0 atom stereocenters. The summed E-state index contributed by atoms with van der Waals surface area (Å²) in [7, 11) is 0. The van der Waals surface area contributed by atoms with Crippen molar-refractivity contribution in [2.45, 2.75) is 26.2 Å². The van der Waals surface area contributed by atoms with Gasteiger partial charge in [0.15, 0.2) is 0 Å². The van der Waals surface area contributed by atoms with E-state index in [1.165, 1.54) is 80.5 Å². The van der Waals surface area contributed by atoms with Crippen molar-refractivity contribution >= 4 is 114 Å². The summed E-state index contributed by atoms with van der Waals surface area (Å²) in [5.41, 5.74) is 15.5. The first-order valence-electron chi connectivity index (χ1n) is 24.0. The van der Waals surface area contributed by atoms with Crippen LogP contribution < -0.4 is 0 Å². The molecule has 1 aliphatic rings. The van der Waals surface area contributed by atoms with Gasteiger partial charge in [-0.3, -0.25) is 4.99 Å². The van der Waals surface area contributed by atoms with E-state index in [0.717, 1.165) is 80.3 Å². The van der Waals surface area contributed by atoms with Crippen LogP contribution in [0.1, 0.15) is 42.9 Å². The van der Waals surface area contributed by atoms with Crippen LogP contribution in [-0.2, 0) is 0 Å². The molecular weight excluding hydrogens is 857 g/mol. The highest BCUT2D eigenvalue weighted by Gasteiger charge is 2.24. The van der Waals surface area contributed by atoms with E-state index in [-0.39, 0.29) is 0 Å². The first-order valence-corrected chi connectivity index (χ1v) is 24.9. The second-order valence-electron chi connectivity index (χ2n) is 18.4. The third-order valence-corrected chi connectivity index (χ3v) is 15.5. The van der Waals surface area contributed by atoms with Crippen molar-refractivity contribution in [3.63, 3.8) is 0 Å². The molecule has 3 nitrogen and oxygen atoms in total. The molecule has 1 aliphatic heterocycles. The van der Waals surface area contributed by atoms with Gasteiger partial charge in [0.25, 0.3) is 0 Å². The first kappa shape index (κ1) is 39.8. The smallest absolute Gasteiger partial charge is 0.138 e. The Morgan fingerprint density at radius 2 is 1.16 bits per heavy atom. The maximum atomic E-state index is 7.04. The normalized spacial score (nSPS) is 16.2. The van der Waals surface area contributed by atoms with E-state index in [9.17, 15) is 0 Å². The Hall–Kier alpha value is -8.31. The second-order valence-corrected chi connectivity index (χ2v) is 19.5. The van der Waals surface area contributed by atoms with Crippen molar-refractivity contribution in [2.75, 3.05) is 0 Å². The summed E-state index contributed by atoms with van der Waals surface area (Å²) in [6.07, 6.45) is 4.87. The number of thiophene rings is 1. The quantitative estimate of drug-likeness (QED) is 0.164.